The summed E-state index contributed by atoms with van der Waals surface area (Å²) in [6.45, 7) is 6.93. The van der Waals surface area contributed by atoms with E-state index in [1.807, 2.05) is 35.2 Å². The van der Waals surface area contributed by atoms with Crippen LogP contribution in [0, 0.1) is 6.92 Å². The van der Waals surface area contributed by atoms with Crippen LogP contribution in [0.3, 0.4) is 0 Å². The second-order valence-corrected chi connectivity index (χ2v) is 7.29. The Morgan fingerprint density at radius 1 is 1.04 bits per heavy atom. The molecular weight excluding hydrogens is 352 g/mol. The van der Waals surface area contributed by atoms with Gasteiger partial charge in [-0.25, -0.2) is 4.79 Å². The van der Waals surface area contributed by atoms with Gasteiger partial charge in [-0.2, -0.15) is 0 Å². The number of hydrogen-bond acceptors (Lipinski definition) is 2. The van der Waals surface area contributed by atoms with E-state index in [2.05, 4.69) is 41.8 Å². The van der Waals surface area contributed by atoms with Crippen LogP contribution in [-0.2, 0) is 11.3 Å². The number of carbonyl (C=O) groups is 2. The van der Waals surface area contributed by atoms with Crippen LogP contribution in [0.25, 0.3) is 0 Å². The summed E-state index contributed by atoms with van der Waals surface area (Å²) < 4.78 is 0. The Bertz CT molecular complexity index is 786. The zero-order valence-corrected chi connectivity index (χ0v) is 16.4. The lowest BCUT2D eigenvalue weighted by atomic mass is 10.1. The van der Waals surface area contributed by atoms with Crippen molar-refractivity contribution in [3.63, 3.8) is 0 Å². The minimum Gasteiger partial charge on any atom is -0.337 e. The van der Waals surface area contributed by atoms with Crippen LogP contribution in [0.5, 0.6) is 0 Å². The molecule has 0 aliphatic carbocycles. The first-order valence-corrected chi connectivity index (χ1v) is 9.87. The molecule has 0 atom stereocenters. The molecule has 2 aromatic rings. The summed E-state index contributed by atoms with van der Waals surface area (Å²) in [5.74, 6) is 0.106. The molecular formula is C22H29N4O2+. The van der Waals surface area contributed by atoms with Gasteiger partial charge in [0.15, 0.2) is 0 Å². The van der Waals surface area contributed by atoms with Crippen LogP contribution in [-0.4, -0.2) is 49.6 Å². The molecule has 3 amide bonds. The Morgan fingerprint density at radius 3 is 2.50 bits per heavy atom. The first kappa shape index (κ1) is 19.9. The van der Waals surface area contributed by atoms with E-state index in [1.165, 1.54) is 16.0 Å². The molecule has 1 aliphatic rings. The highest BCUT2D eigenvalue weighted by Gasteiger charge is 2.23. The lowest BCUT2D eigenvalue weighted by Crippen LogP contribution is -3.13. The number of piperazine rings is 1. The number of para-hydroxylation sites is 1. The summed E-state index contributed by atoms with van der Waals surface area (Å²) in [6, 6.07) is 17.6. The van der Waals surface area contributed by atoms with E-state index in [0.717, 1.165) is 38.4 Å². The highest BCUT2D eigenvalue weighted by molar-refractivity contribution is 5.89. The summed E-state index contributed by atoms with van der Waals surface area (Å²) in [5, 5.41) is 5.49. The number of benzene rings is 2. The van der Waals surface area contributed by atoms with Crippen molar-refractivity contribution in [3.05, 3.63) is 65.7 Å². The number of anilines is 1. The van der Waals surface area contributed by atoms with Crippen molar-refractivity contribution in [1.82, 2.24) is 10.2 Å². The van der Waals surface area contributed by atoms with Crippen LogP contribution < -0.4 is 15.5 Å². The molecule has 1 fully saturated rings. The van der Waals surface area contributed by atoms with Crippen LogP contribution in [0.2, 0.25) is 0 Å². The summed E-state index contributed by atoms with van der Waals surface area (Å²) >= 11 is 0. The Kier molecular flexibility index (Phi) is 7.03. The van der Waals surface area contributed by atoms with Gasteiger partial charge in [0.2, 0.25) is 5.91 Å². The molecule has 1 aliphatic heterocycles. The fourth-order valence-corrected chi connectivity index (χ4v) is 3.50. The second-order valence-electron chi connectivity index (χ2n) is 7.29. The van der Waals surface area contributed by atoms with Crippen LogP contribution in [0.15, 0.2) is 54.6 Å². The van der Waals surface area contributed by atoms with E-state index < -0.39 is 0 Å². The summed E-state index contributed by atoms with van der Waals surface area (Å²) in [7, 11) is 0. The SMILES string of the molecule is Cc1cccc(C[NH+]2CCN(C(=O)CCNC(=O)Nc3ccccc3)CC2)c1. The Labute approximate surface area is 166 Å². The third kappa shape index (κ3) is 6.09. The topological polar surface area (TPSA) is 65.9 Å². The number of aryl methyl sites for hydroxylation is 1. The molecule has 3 N–H and O–H groups in total. The normalized spacial score (nSPS) is 14.5. The molecule has 0 spiro atoms. The fourth-order valence-electron chi connectivity index (χ4n) is 3.50. The molecule has 6 heteroatoms. The molecule has 0 saturated carbocycles. The number of hydrogen-bond donors (Lipinski definition) is 3. The molecule has 0 radical (unpaired) electrons. The monoisotopic (exact) mass is 381 g/mol. The number of urea groups is 1. The smallest absolute Gasteiger partial charge is 0.319 e. The maximum Gasteiger partial charge on any atom is 0.319 e. The van der Waals surface area contributed by atoms with Gasteiger partial charge in [-0.05, 0) is 19.1 Å². The van der Waals surface area contributed by atoms with E-state index in [1.54, 1.807) is 0 Å². The zero-order chi connectivity index (χ0) is 19.8. The third-order valence-electron chi connectivity index (χ3n) is 5.02. The van der Waals surface area contributed by atoms with Crippen molar-refractivity contribution in [1.29, 1.82) is 0 Å². The van der Waals surface area contributed by atoms with Gasteiger partial charge in [-0.3, -0.25) is 4.79 Å². The zero-order valence-electron chi connectivity index (χ0n) is 16.4. The predicted molar refractivity (Wildman–Crippen MR) is 110 cm³/mol. The fraction of sp³-hybridized carbons (Fsp3) is 0.364. The molecule has 6 nitrogen and oxygen atoms in total. The van der Waals surface area contributed by atoms with Gasteiger partial charge in [0.05, 0.1) is 26.2 Å². The number of quaternary nitrogens is 1. The number of rotatable bonds is 6. The molecule has 0 unspecified atom stereocenters. The first-order chi connectivity index (χ1) is 13.6. The first-order valence-electron chi connectivity index (χ1n) is 9.87. The van der Waals surface area contributed by atoms with Gasteiger partial charge >= 0.3 is 6.03 Å². The van der Waals surface area contributed by atoms with Gasteiger partial charge in [0.25, 0.3) is 0 Å². The highest BCUT2D eigenvalue weighted by atomic mass is 16.2. The van der Waals surface area contributed by atoms with E-state index in [-0.39, 0.29) is 11.9 Å². The highest BCUT2D eigenvalue weighted by Crippen LogP contribution is 2.05. The maximum atomic E-state index is 12.4. The van der Waals surface area contributed by atoms with E-state index in [4.69, 9.17) is 0 Å². The molecule has 28 heavy (non-hydrogen) atoms. The predicted octanol–water partition coefficient (Wildman–Crippen LogP) is 1.43. The van der Waals surface area contributed by atoms with Crippen molar-refractivity contribution >= 4 is 17.6 Å². The molecule has 3 rings (SSSR count). The molecule has 148 valence electrons. The van der Waals surface area contributed by atoms with Crippen LogP contribution in [0.4, 0.5) is 10.5 Å². The van der Waals surface area contributed by atoms with Gasteiger partial charge < -0.3 is 20.4 Å². The Balaban J connectivity index is 1.34. The quantitative estimate of drug-likeness (QED) is 0.709. The van der Waals surface area contributed by atoms with Crippen molar-refractivity contribution < 1.29 is 14.5 Å². The molecule has 1 heterocycles. The molecule has 2 aromatic carbocycles. The minimum atomic E-state index is -0.286. The average molecular weight is 382 g/mol. The van der Waals surface area contributed by atoms with Crippen LogP contribution in [0.1, 0.15) is 17.5 Å². The summed E-state index contributed by atoms with van der Waals surface area (Å²) in [5.41, 5.74) is 3.37. The number of nitrogens with zero attached hydrogens (tertiary/aromatic N) is 1. The average Bonchev–Trinajstić information content (AvgIpc) is 2.69. The standard InChI is InChI=1S/C22H28N4O2/c1-18-6-5-7-19(16-18)17-25-12-14-26(15-13-25)21(27)10-11-23-22(28)24-20-8-3-2-4-9-20/h2-9,16H,10-15,17H2,1H3,(H2,23,24,28)/p+1. The lowest BCUT2D eigenvalue weighted by Gasteiger charge is -2.32. The third-order valence-corrected chi connectivity index (χ3v) is 5.02. The largest absolute Gasteiger partial charge is 0.337 e. The number of amides is 3. The Hall–Kier alpha value is -2.86. The molecule has 0 aromatic heterocycles. The van der Waals surface area contributed by atoms with Gasteiger partial charge in [0.1, 0.15) is 6.54 Å². The van der Waals surface area contributed by atoms with Crippen LogP contribution >= 0.6 is 0 Å². The van der Waals surface area contributed by atoms with Crippen molar-refractivity contribution in [2.24, 2.45) is 0 Å². The Morgan fingerprint density at radius 2 is 1.79 bits per heavy atom. The van der Waals surface area contributed by atoms with Gasteiger partial charge in [-0.15, -0.1) is 0 Å². The van der Waals surface area contributed by atoms with E-state index >= 15 is 0 Å². The summed E-state index contributed by atoms with van der Waals surface area (Å²) in [4.78, 5) is 27.7. The maximum absolute atomic E-state index is 12.4. The van der Waals surface area contributed by atoms with Gasteiger partial charge in [-0.1, -0.05) is 48.0 Å². The summed E-state index contributed by atoms with van der Waals surface area (Å²) in [6.07, 6.45) is 0.329. The second kappa shape index (κ2) is 9.90. The van der Waals surface area contributed by atoms with E-state index in [0.29, 0.717) is 13.0 Å². The molecule has 0 bridgehead atoms. The minimum absolute atomic E-state index is 0.106. The van der Waals surface area contributed by atoms with Crippen molar-refractivity contribution in [3.8, 4) is 0 Å². The molecule has 1 saturated heterocycles. The van der Waals surface area contributed by atoms with Crippen molar-refractivity contribution in [2.75, 3.05) is 38.0 Å². The number of nitrogens with one attached hydrogen (secondary N) is 3. The number of carbonyl (C=O) groups excluding carboxylic acids is 2. The lowest BCUT2D eigenvalue weighted by molar-refractivity contribution is -0.917. The van der Waals surface area contributed by atoms with E-state index in [9.17, 15) is 9.59 Å². The van der Waals surface area contributed by atoms with Gasteiger partial charge in [0, 0.05) is 24.2 Å². The van der Waals surface area contributed by atoms with Crippen molar-refractivity contribution in [2.45, 2.75) is 19.9 Å².